The van der Waals surface area contributed by atoms with Crippen LogP contribution in [0, 0.1) is 0 Å². The van der Waals surface area contributed by atoms with Crippen LogP contribution in [0.1, 0.15) is 26.7 Å². The summed E-state index contributed by atoms with van der Waals surface area (Å²) in [4.78, 5) is 0. The molecule has 0 bridgehead atoms. The van der Waals surface area contributed by atoms with Crippen LogP contribution in [-0.2, 0) is 0 Å². The summed E-state index contributed by atoms with van der Waals surface area (Å²) in [5, 5.41) is 19.0. The van der Waals surface area contributed by atoms with Gasteiger partial charge in [0, 0.05) is 0 Å². The van der Waals surface area contributed by atoms with Crippen LogP contribution in [0.4, 0.5) is 0 Å². The van der Waals surface area contributed by atoms with E-state index in [0.29, 0.717) is 12.8 Å². The first-order valence-corrected chi connectivity index (χ1v) is 3.90. The lowest BCUT2D eigenvalue weighted by Gasteiger charge is -2.34. The first-order valence-electron chi connectivity index (χ1n) is 3.90. The molecule has 4 heteroatoms. The Balaban J connectivity index is 4.32. The Hall–Kier alpha value is -0.160. The van der Waals surface area contributed by atoms with Gasteiger partial charge >= 0.3 is 0 Å². The minimum Gasteiger partial charge on any atom is -0.390 e. The minimum absolute atomic E-state index is 0.361. The van der Waals surface area contributed by atoms with E-state index in [1.54, 1.807) is 13.8 Å². The molecule has 0 aliphatic rings. The predicted molar refractivity (Wildman–Crippen MR) is 43.7 cm³/mol. The van der Waals surface area contributed by atoms with E-state index in [2.05, 4.69) is 0 Å². The van der Waals surface area contributed by atoms with Crippen molar-refractivity contribution in [1.29, 1.82) is 0 Å². The number of hydrogen-bond donors (Lipinski definition) is 4. The van der Waals surface area contributed by atoms with Crippen molar-refractivity contribution >= 4 is 0 Å². The van der Waals surface area contributed by atoms with Crippen LogP contribution in [0.15, 0.2) is 0 Å². The van der Waals surface area contributed by atoms with Crippen LogP contribution in [-0.4, -0.2) is 28.1 Å². The summed E-state index contributed by atoms with van der Waals surface area (Å²) in [6.45, 7) is 3.51. The molecular weight excluding hydrogens is 144 g/mol. The molecule has 11 heavy (non-hydrogen) atoms. The number of aliphatic hydroxyl groups is 2. The van der Waals surface area contributed by atoms with Gasteiger partial charge in [0.25, 0.3) is 0 Å². The highest BCUT2D eigenvalue weighted by atomic mass is 16.3. The van der Waals surface area contributed by atoms with Gasteiger partial charge in [-0.25, -0.2) is 0 Å². The number of hydrogen-bond acceptors (Lipinski definition) is 4. The van der Waals surface area contributed by atoms with Crippen LogP contribution < -0.4 is 11.5 Å². The standard InChI is InChI=1S/C7H18N2O2/c1-3-5(10)7(11,4-2)6(8)9/h5-6,10-11H,3-4,8-9H2,1-2H3. The van der Waals surface area contributed by atoms with Crippen LogP contribution in [0.25, 0.3) is 0 Å². The van der Waals surface area contributed by atoms with E-state index in [1.165, 1.54) is 0 Å². The Labute approximate surface area is 67.2 Å². The van der Waals surface area contributed by atoms with Crippen molar-refractivity contribution in [1.82, 2.24) is 0 Å². The van der Waals surface area contributed by atoms with Crippen molar-refractivity contribution in [2.75, 3.05) is 0 Å². The lowest BCUT2D eigenvalue weighted by atomic mass is 9.89. The fourth-order valence-corrected chi connectivity index (χ4v) is 1.05. The Kier molecular flexibility index (Phi) is 3.96. The maximum Gasteiger partial charge on any atom is 0.118 e. The summed E-state index contributed by atoms with van der Waals surface area (Å²) < 4.78 is 0. The molecule has 0 aromatic carbocycles. The second-order valence-corrected chi connectivity index (χ2v) is 2.79. The van der Waals surface area contributed by atoms with Gasteiger partial charge in [-0.05, 0) is 12.8 Å². The second kappa shape index (κ2) is 4.01. The molecule has 68 valence electrons. The zero-order valence-corrected chi connectivity index (χ0v) is 7.12. The largest absolute Gasteiger partial charge is 0.390 e. The highest BCUT2D eigenvalue weighted by molar-refractivity contribution is 4.90. The van der Waals surface area contributed by atoms with E-state index < -0.39 is 17.9 Å². The van der Waals surface area contributed by atoms with Crippen molar-refractivity contribution in [2.45, 2.75) is 44.6 Å². The van der Waals surface area contributed by atoms with E-state index in [4.69, 9.17) is 11.5 Å². The first kappa shape index (κ1) is 10.8. The van der Waals surface area contributed by atoms with Crippen LogP contribution in [0.5, 0.6) is 0 Å². The van der Waals surface area contributed by atoms with Crippen molar-refractivity contribution in [3.8, 4) is 0 Å². The number of nitrogens with two attached hydrogens (primary N) is 2. The molecule has 0 radical (unpaired) electrons. The maximum absolute atomic E-state index is 9.67. The van der Waals surface area contributed by atoms with Gasteiger partial charge in [0.05, 0.1) is 12.3 Å². The molecule has 2 atom stereocenters. The van der Waals surface area contributed by atoms with Gasteiger partial charge in [0.1, 0.15) is 5.60 Å². The van der Waals surface area contributed by atoms with Crippen LogP contribution in [0.3, 0.4) is 0 Å². The summed E-state index contributed by atoms with van der Waals surface area (Å²) >= 11 is 0. The van der Waals surface area contributed by atoms with Crippen LogP contribution >= 0.6 is 0 Å². The minimum atomic E-state index is -1.34. The zero-order valence-electron chi connectivity index (χ0n) is 7.12. The van der Waals surface area contributed by atoms with Gasteiger partial charge in [-0.15, -0.1) is 0 Å². The molecule has 0 heterocycles. The number of rotatable bonds is 4. The molecule has 0 aliphatic heterocycles. The summed E-state index contributed by atoms with van der Waals surface area (Å²) in [6.07, 6.45) is -0.912. The van der Waals surface area contributed by atoms with Gasteiger partial charge < -0.3 is 21.7 Å². The smallest absolute Gasteiger partial charge is 0.118 e. The maximum atomic E-state index is 9.67. The van der Waals surface area contributed by atoms with Gasteiger partial charge in [-0.1, -0.05) is 13.8 Å². The Morgan fingerprint density at radius 2 is 1.82 bits per heavy atom. The van der Waals surface area contributed by atoms with Gasteiger partial charge in [-0.2, -0.15) is 0 Å². The monoisotopic (exact) mass is 162 g/mol. The highest BCUT2D eigenvalue weighted by Crippen LogP contribution is 2.18. The van der Waals surface area contributed by atoms with E-state index in [9.17, 15) is 10.2 Å². The third-order valence-corrected chi connectivity index (χ3v) is 2.11. The molecule has 0 spiro atoms. The van der Waals surface area contributed by atoms with Crippen molar-refractivity contribution in [3.63, 3.8) is 0 Å². The molecule has 0 aromatic heterocycles. The van der Waals surface area contributed by atoms with Gasteiger partial charge in [-0.3, -0.25) is 0 Å². The molecule has 6 N–H and O–H groups in total. The number of aliphatic hydroxyl groups excluding tert-OH is 1. The van der Waals surface area contributed by atoms with E-state index in [1.807, 2.05) is 0 Å². The summed E-state index contributed by atoms with van der Waals surface area (Å²) in [7, 11) is 0. The molecule has 0 amide bonds. The first-order chi connectivity index (χ1) is 4.99. The SMILES string of the molecule is CCC(O)C(O)(CC)C(N)N. The van der Waals surface area contributed by atoms with E-state index in [-0.39, 0.29) is 0 Å². The molecular formula is C7H18N2O2. The van der Waals surface area contributed by atoms with Crippen LogP contribution in [0.2, 0.25) is 0 Å². The predicted octanol–water partition coefficient (Wildman–Crippen LogP) is -0.858. The lowest BCUT2D eigenvalue weighted by Crippen LogP contribution is -2.60. The molecule has 0 saturated carbocycles. The zero-order chi connectivity index (χ0) is 9.07. The Morgan fingerprint density at radius 1 is 1.36 bits per heavy atom. The highest BCUT2D eigenvalue weighted by Gasteiger charge is 2.36. The van der Waals surface area contributed by atoms with Gasteiger partial charge in [0.15, 0.2) is 0 Å². The summed E-state index contributed by atoms with van der Waals surface area (Å²) in [5.74, 6) is 0. The quantitative estimate of drug-likeness (QED) is 0.405. The molecule has 0 aliphatic carbocycles. The Morgan fingerprint density at radius 3 is 1.91 bits per heavy atom. The second-order valence-electron chi connectivity index (χ2n) is 2.79. The molecule has 0 rings (SSSR count). The third-order valence-electron chi connectivity index (χ3n) is 2.11. The van der Waals surface area contributed by atoms with Gasteiger partial charge in [0.2, 0.25) is 0 Å². The molecule has 0 fully saturated rings. The van der Waals surface area contributed by atoms with Crippen molar-refractivity contribution in [2.24, 2.45) is 11.5 Å². The lowest BCUT2D eigenvalue weighted by molar-refractivity contribution is -0.0935. The van der Waals surface area contributed by atoms with E-state index in [0.717, 1.165) is 0 Å². The fourth-order valence-electron chi connectivity index (χ4n) is 1.05. The average Bonchev–Trinajstić information content (AvgIpc) is 2.01. The molecule has 2 unspecified atom stereocenters. The third kappa shape index (κ3) is 2.13. The van der Waals surface area contributed by atoms with Crippen molar-refractivity contribution < 1.29 is 10.2 Å². The van der Waals surface area contributed by atoms with Crippen molar-refractivity contribution in [3.05, 3.63) is 0 Å². The Bertz CT molecular complexity index is 119. The molecule has 0 aromatic rings. The summed E-state index contributed by atoms with van der Waals surface area (Å²) in [5.41, 5.74) is 9.31. The topological polar surface area (TPSA) is 92.5 Å². The fraction of sp³-hybridized carbons (Fsp3) is 1.00. The molecule has 0 saturated heterocycles. The average molecular weight is 162 g/mol. The molecule has 4 nitrogen and oxygen atoms in total. The normalized spacial score (nSPS) is 19.9. The van der Waals surface area contributed by atoms with E-state index >= 15 is 0 Å². The summed E-state index contributed by atoms with van der Waals surface area (Å²) in [6, 6.07) is 0.